The van der Waals surface area contributed by atoms with E-state index < -0.39 is 0 Å². The third kappa shape index (κ3) is 7.05. The summed E-state index contributed by atoms with van der Waals surface area (Å²) in [5.41, 5.74) is -0.00671. The minimum absolute atomic E-state index is 0.00671. The molecule has 24 heavy (non-hydrogen) atoms. The van der Waals surface area contributed by atoms with E-state index in [1.165, 1.54) is 0 Å². The van der Waals surface area contributed by atoms with Crippen molar-refractivity contribution in [3.63, 3.8) is 0 Å². The number of carbonyl (C=O) groups is 1. The van der Waals surface area contributed by atoms with E-state index in [1.54, 1.807) is 19.0 Å². The van der Waals surface area contributed by atoms with Gasteiger partial charge in [-0.1, -0.05) is 6.92 Å². The molecular formula is C17H35N5O2. The first-order chi connectivity index (χ1) is 11.3. The summed E-state index contributed by atoms with van der Waals surface area (Å²) >= 11 is 0. The molecule has 7 nitrogen and oxygen atoms in total. The van der Waals surface area contributed by atoms with Crippen molar-refractivity contribution in [1.82, 2.24) is 20.4 Å². The van der Waals surface area contributed by atoms with Gasteiger partial charge in [0.1, 0.15) is 6.54 Å². The predicted octanol–water partition coefficient (Wildman–Crippen LogP) is 0.519. The first-order valence-electron chi connectivity index (χ1n) is 8.84. The fraction of sp³-hybridized carbons (Fsp3) is 0.882. The van der Waals surface area contributed by atoms with Crippen molar-refractivity contribution in [3.8, 4) is 0 Å². The van der Waals surface area contributed by atoms with Gasteiger partial charge >= 0.3 is 0 Å². The molecule has 1 aliphatic heterocycles. The number of ether oxygens (including phenoxy) is 1. The van der Waals surface area contributed by atoms with Crippen LogP contribution in [0.3, 0.4) is 0 Å². The molecular weight excluding hydrogens is 306 g/mol. The number of hydrogen-bond donors (Lipinski definition) is 2. The highest BCUT2D eigenvalue weighted by atomic mass is 16.5. The van der Waals surface area contributed by atoms with Gasteiger partial charge in [-0.25, -0.2) is 4.99 Å². The van der Waals surface area contributed by atoms with E-state index in [-0.39, 0.29) is 18.0 Å². The number of hydrogen-bond acceptors (Lipinski definition) is 4. The molecule has 2 N–H and O–H groups in total. The second kappa shape index (κ2) is 9.84. The molecule has 1 amide bonds. The zero-order valence-electron chi connectivity index (χ0n) is 16.2. The summed E-state index contributed by atoms with van der Waals surface area (Å²) < 4.78 is 5.43. The first-order valence-corrected chi connectivity index (χ1v) is 8.84. The van der Waals surface area contributed by atoms with E-state index in [0.717, 1.165) is 39.3 Å². The SMILES string of the molecule is CCC(C)NC(=NCC(=O)N(C)C)NCC(C)(C)N1CCOCC1. The van der Waals surface area contributed by atoms with Crippen LogP contribution in [0.2, 0.25) is 0 Å². The Morgan fingerprint density at radius 3 is 2.50 bits per heavy atom. The Balaban J connectivity index is 2.65. The van der Waals surface area contributed by atoms with Gasteiger partial charge in [0.05, 0.1) is 13.2 Å². The number of carbonyl (C=O) groups excluding carboxylic acids is 1. The molecule has 0 aromatic rings. The lowest BCUT2D eigenvalue weighted by atomic mass is 10.0. The van der Waals surface area contributed by atoms with Gasteiger partial charge in [0.2, 0.25) is 5.91 Å². The van der Waals surface area contributed by atoms with Crippen LogP contribution in [0.25, 0.3) is 0 Å². The molecule has 0 aliphatic carbocycles. The van der Waals surface area contributed by atoms with E-state index in [1.807, 2.05) is 0 Å². The lowest BCUT2D eigenvalue weighted by Gasteiger charge is -2.41. The zero-order chi connectivity index (χ0) is 18.2. The van der Waals surface area contributed by atoms with Crippen molar-refractivity contribution in [1.29, 1.82) is 0 Å². The molecule has 1 atom stereocenters. The second-order valence-electron chi connectivity index (χ2n) is 7.17. The highest BCUT2D eigenvalue weighted by molar-refractivity contribution is 5.84. The molecule has 0 aromatic carbocycles. The van der Waals surface area contributed by atoms with Crippen molar-refractivity contribution in [2.75, 3.05) is 53.5 Å². The van der Waals surface area contributed by atoms with E-state index in [9.17, 15) is 4.79 Å². The molecule has 0 saturated carbocycles. The molecule has 0 bridgehead atoms. The fourth-order valence-electron chi connectivity index (χ4n) is 2.36. The summed E-state index contributed by atoms with van der Waals surface area (Å²) in [6, 6.07) is 0.303. The number of guanidine groups is 1. The molecule has 1 rings (SSSR count). The zero-order valence-corrected chi connectivity index (χ0v) is 16.2. The van der Waals surface area contributed by atoms with E-state index >= 15 is 0 Å². The van der Waals surface area contributed by atoms with Crippen LogP contribution in [0.1, 0.15) is 34.1 Å². The summed E-state index contributed by atoms with van der Waals surface area (Å²) in [7, 11) is 3.49. The Bertz CT molecular complexity index is 417. The lowest BCUT2D eigenvalue weighted by Crippen LogP contribution is -2.57. The quantitative estimate of drug-likeness (QED) is 0.522. The molecule has 1 saturated heterocycles. The van der Waals surface area contributed by atoms with Crippen LogP contribution < -0.4 is 10.6 Å². The van der Waals surface area contributed by atoms with Crippen LogP contribution in [0.15, 0.2) is 4.99 Å². The van der Waals surface area contributed by atoms with Crippen LogP contribution in [-0.2, 0) is 9.53 Å². The summed E-state index contributed by atoms with van der Waals surface area (Å²) in [5.74, 6) is 0.688. The highest BCUT2D eigenvalue weighted by Crippen LogP contribution is 2.15. The topological polar surface area (TPSA) is 69.2 Å². The number of rotatable bonds is 7. The second-order valence-corrected chi connectivity index (χ2v) is 7.17. The first kappa shape index (κ1) is 20.7. The number of morpholine rings is 1. The number of nitrogens with one attached hydrogen (secondary N) is 2. The molecule has 1 aliphatic rings. The maximum absolute atomic E-state index is 11.8. The van der Waals surface area contributed by atoms with Gasteiger partial charge in [0, 0.05) is 45.3 Å². The summed E-state index contributed by atoms with van der Waals surface area (Å²) in [5, 5.41) is 6.76. The van der Waals surface area contributed by atoms with Gasteiger partial charge in [0.15, 0.2) is 5.96 Å². The van der Waals surface area contributed by atoms with Crippen molar-refractivity contribution in [2.45, 2.75) is 45.7 Å². The van der Waals surface area contributed by atoms with Crippen LogP contribution in [-0.4, -0.2) is 86.7 Å². The lowest BCUT2D eigenvalue weighted by molar-refractivity contribution is -0.127. The third-order valence-corrected chi connectivity index (χ3v) is 4.42. The van der Waals surface area contributed by atoms with Crippen molar-refractivity contribution < 1.29 is 9.53 Å². The average molecular weight is 342 g/mol. The van der Waals surface area contributed by atoms with Gasteiger partial charge in [0.25, 0.3) is 0 Å². The van der Waals surface area contributed by atoms with Crippen molar-refractivity contribution >= 4 is 11.9 Å². The average Bonchev–Trinajstić information content (AvgIpc) is 2.57. The number of likely N-dealkylation sites (N-methyl/N-ethyl adjacent to an activating group) is 1. The molecule has 1 fully saturated rings. The van der Waals surface area contributed by atoms with E-state index in [0.29, 0.717) is 12.0 Å². The number of nitrogens with zero attached hydrogens (tertiary/aromatic N) is 3. The Labute approximate surface area is 146 Å². The Morgan fingerprint density at radius 1 is 1.33 bits per heavy atom. The molecule has 1 unspecified atom stereocenters. The van der Waals surface area contributed by atoms with Gasteiger partial charge in [-0.15, -0.1) is 0 Å². The maximum atomic E-state index is 11.8. The summed E-state index contributed by atoms with van der Waals surface area (Å²) in [6.45, 7) is 13.0. The van der Waals surface area contributed by atoms with Gasteiger partial charge in [-0.3, -0.25) is 9.69 Å². The van der Waals surface area contributed by atoms with Crippen LogP contribution in [0.4, 0.5) is 0 Å². The molecule has 0 aromatic heterocycles. The Hall–Kier alpha value is -1.34. The van der Waals surface area contributed by atoms with Crippen molar-refractivity contribution in [3.05, 3.63) is 0 Å². The molecule has 1 heterocycles. The number of amides is 1. The number of aliphatic imine (C=N–C) groups is 1. The van der Waals surface area contributed by atoms with Crippen LogP contribution in [0.5, 0.6) is 0 Å². The van der Waals surface area contributed by atoms with E-state index in [2.05, 4.69) is 48.2 Å². The van der Waals surface area contributed by atoms with Gasteiger partial charge in [-0.2, -0.15) is 0 Å². The Morgan fingerprint density at radius 2 is 1.96 bits per heavy atom. The minimum Gasteiger partial charge on any atom is -0.379 e. The van der Waals surface area contributed by atoms with Gasteiger partial charge in [-0.05, 0) is 27.2 Å². The fourth-order valence-corrected chi connectivity index (χ4v) is 2.36. The van der Waals surface area contributed by atoms with E-state index in [4.69, 9.17) is 4.74 Å². The monoisotopic (exact) mass is 341 g/mol. The molecule has 7 heteroatoms. The standard InChI is InChI=1S/C17H35N5O2/c1-7-14(2)20-16(18-12-15(23)21(5)6)19-13-17(3,4)22-8-10-24-11-9-22/h14H,7-13H2,1-6H3,(H2,18,19,20). The van der Waals surface area contributed by atoms with Crippen LogP contribution in [0, 0.1) is 0 Å². The summed E-state index contributed by atoms with van der Waals surface area (Å²) in [6.07, 6.45) is 0.995. The Kier molecular flexibility index (Phi) is 8.48. The van der Waals surface area contributed by atoms with Crippen LogP contribution >= 0.6 is 0 Å². The summed E-state index contributed by atoms with van der Waals surface area (Å²) in [4.78, 5) is 20.2. The largest absolute Gasteiger partial charge is 0.379 e. The minimum atomic E-state index is -0.00677. The normalized spacial score (nSPS) is 18.2. The maximum Gasteiger partial charge on any atom is 0.243 e. The van der Waals surface area contributed by atoms with Crippen molar-refractivity contribution in [2.24, 2.45) is 4.99 Å². The van der Waals surface area contributed by atoms with Gasteiger partial charge < -0.3 is 20.3 Å². The molecule has 0 spiro atoms. The smallest absolute Gasteiger partial charge is 0.243 e. The molecule has 0 radical (unpaired) electrons. The predicted molar refractivity (Wildman–Crippen MR) is 98.4 cm³/mol. The molecule has 140 valence electrons. The third-order valence-electron chi connectivity index (χ3n) is 4.42. The highest BCUT2D eigenvalue weighted by Gasteiger charge is 2.28.